The second-order valence-electron chi connectivity index (χ2n) is 4.62. The first-order chi connectivity index (χ1) is 9.08. The number of ether oxygens (including phenoxy) is 1. The molecule has 0 saturated heterocycles. The first-order valence-corrected chi connectivity index (χ1v) is 6.20. The Morgan fingerprint density at radius 2 is 1.89 bits per heavy atom. The molecule has 0 aliphatic heterocycles. The number of para-hydroxylation sites is 1. The Morgan fingerprint density at radius 3 is 2.58 bits per heavy atom. The lowest BCUT2D eigenvalue weighted by Crippen LogP contribution is -2.11. The van der Waals surface area contributed by atoms with Gasteiger partial charge in [0.1, 0.15) is 12.7 Å². The minimum absolute atomic E-state index is 0.0326. The van der Waals surface area contributed by atoms with E-state index in [0.29, 0.717) is 0 Å². The summed E-state index contributed by atoms with van der Waals surface area (Å²) in [5.74, 6) is -0.262. The fourth-order valence-electron chi connectivity index (χ4n) is 2.02. The fourth-order valence-corrected chi connectivity index (χ4v) is 2.02. The van der Waals surface area contributed by atoms with Crippen molar-refractivity contribution in [1.82, 2.24) is 0 Å². The largest absolute Gasteiger partial charge is 0.487 e. The normalized spacial score (nSPS) is 12.2. The van der Waals surface area contributed by atoms with E-state index in [1.54, 1.807) is 18.2 Å². The Morgan fingerprint density at radius 1 is 1.16 bits per heavy atom. The lowest BCUT2D eigenvalue weighted by molar-refractivity contribution is 0.105. The van der Waals surface area contributed by atoms with Gasteiger partial charge in [0.15, 0.2) is 11.6 Å². The van der Waals surface area contributed by atoms with Crippen LogP contribution in [0, 0.1) is 19.7 Å². The van der Waals surface area contributed by atoms with Crippen molar-refractivity contribution in [2.45, 2.75) is 20.0 Å². The number of aliphatic hydroxyl groups excluding tert-OH is 1. The van der Waals surface area contributed by atoms with Crippen LogP contribution in [0.1, 0.15) is 22.8 Å². The van der Waals surface area contributed by atoms with Gasteiger partial charge in [-0.3, -0.25) is 0 Å². The standard InChI is InChI=1S/C16H17FO2/c1-11-7-8-13(12(2)9-11)15(18)10-19-16-6-4-3-5-14(16)17/h3-9,15,18H,10H2,1-2H3. The molecule has 100 valence electrons. The zero-order valence-electron chi connectivity index (χ0n) is 11.1. The van der Waals surface area contributed by atoms with E-state index in [1.165, 1.54) is 6.07 Å². The molecule has 2 aromatic rings. The average molecular weight is 260 g/mol. The fraction of sp³-hybridized carbons (Fsp3) is 0.250. The SMILES string of the molecule is Cc1ccc(C(O)COc2ccccc2F)c(C)c1. The van der Waals surface area contributed by atoms with Crippen LogP contribution in [0.3, 0.4) is 0 Å². The van der Waals surface area contributed by atoms with Crippen molar-refractivity contribution in [3.63, 3.8) is 0 Å². The monoisotopic (exact) mass is 260 g/mol. The highest BCUT2D eigenvalue weighted by Crippen LogP contribution is 2.21. The number of hydrogen-bond acceptors (Lipinski definition) is 2. The van der Waals surface area contributed by atoms with Gasteiger partial charge in [0.25, 0.3) is 0 Å². The van der Waals surface area contributed by atoms with Crippen molar-refractivity contribution in [3.8, 4) is 5.75 Å². The smallest absolute Gasteiger partial charge is 0.165 e. The summed E-state index contributed by atoms with van der Waals surface area (Å²) in [7, 11) is 0. The summed E-state index contributed by atoms with van der Waals surface area (Å²) in [5, 5.41) is 10.1. The predicted molar refractivity (Wildman–Crippen MR) is 72.8 cm³/mol. The molecule has 2 rings (SSSR count). The third-order valence-electron chi connectivity index (χ3n) is 3.02. The van der Waals surface area contributed by atoms with Crippen molar-refractivity contribution < 1.29 is 14.2 Å². The average Bonchev–Trinajstić information content (AvgIpc) is 2.37. The molecule has 0 aromatic heterocycles. The maximum atomic E-state index is 13.4. The van der Waals surface area contributed by atoms with E-state index in [2.05, 4.69) is 0 Å². The summed E-state index contributed by atoms with van der Waals surface area (Å²) in [6.07, 6.45) is -0.764. The molecule has 0 fully saturated rings. The van der Waals surface area contributed by atoms with Gasteiger partial charge in [-0.2, -0.15) is 0 Å². The molecule has 1 N–H and O–H groups in total. The lowest BCUT2D eigenvalue weighted by Gasteiger charge is -2.15. The summed E-state index contributed by atoms with van der Waals surface area (Å²) < 4.78 is 18.7. The molecule has 0 heterocycles. The molecule has 2 aromatic carbocycles. The van der Waals surface area contributed by atoms with Crippen LogP contribution in [-0.2, 0) is 0 Å². The molecule has 1 atom stereocenters. The maximum Gasteiger partial charge on any atom is 0.165 e. The van der Waals surface area contributed by atoms with Crippen molar-refractivity contribution in [2.24, 2.45) is 0 Å². The van der Waals surface area contributed by atoms with Crippen molar-refractivity contribution >= 4 is 0 Å². The molecule has 0 amide bonds. The van der Waals surface area contributed by atoms with Crippen LogP contribution >= 0.6 is 0 Å². The number of aryl methyl sites for hydroxylation is 2. The van der Waals surface area contributed by atoms with E-state index in [-0.39, 0.29) is 12.4 Å². The highest BCUT2D eigenvalue weighted by Gasteiger charge is 2.12. The van der Waals surface area contributed by atoms with Gasteiger partial charge in [0, 0.05) is 0 Å². The molecular weight excluding hydrogens is 243 g/mol. The van der Waals surface area contributed by atoms with E-state index >= 15 is 0 Å². The van der Waals surface area contributed by atoms with Crippen LogP contribution in [0.5, 0.6) is 5.75 Å². The third-order valence-corrected chi connectivity index (χ3v) is 3.02. The highest BCUT2D eigenvalue weighted by atomic mass is 19.1. The summed E-state index contributed by atoms with van der Waals surface area (Å²) in [5.41, 5.74) is 2.95. The van der Waals surface area contributed by atoms with E-state index < -0.39 is 11.9 Å². The number of halogens is 1. The zero-order chi connectivity index (χ0) is 13.8. The molecule has 2 nitrogen and oxygen atoms in total. The third kappa shape index (κ3) is 3.32. The van der Waals surface area contributed by atoms with E-state index in [9.17, 15) is 9.50 Å². The van der Waals surface area contributed by atoms with Gasteiger partial charge in [0.2, 0.25) is 0 Å². The van der Waals surface area contributed by atoms with Gasteiger partial charge in [-0.1, -0.05) is 35.9 Å². The van der Waals surface area contributed by atoms with E-state index in [1.807, 2.05) is 32.0 Å². The Kier molecular flexibility index (Phi) is 4.17. The molecule has 19 heavy (non-hydrogen) atoms. The summed E-state index contributed by atoms with van der Waals surface area (Å²) in [4.78, 5) is 0. The predicted octanol–water partition coefficient (Wildman–Crippen LogP) is 3.55. The molecule has 1 unspecified atom stereocenters. The minimum Gasteiger partial charge on any atom is -0.487 e. The molecule has 0 radical (unpaired) electrons. The van der Waals surface area contributed by atoms with Crippen LogP contribution in [0.25, 0.3) is 0 Å². The van der Waals surface area contributed by atoms with Crippen molar-refractivity contribution in [3.05, 3.63) is 65.0 Å². The van der Waals surface area contributed by atoms with Crippen LogP contribution in [-0.4, -0.2) is 11.7 Å². The second kappa shape index (κ2) is 5.85. The van der Waals surface area contributed by atoms with Crippen LogP contribution < -0.4 is 4.74 Å². The first-order valence-electron chi connectivity index (χ1n) is 6.20. The number of benzene rings is 2. The quantitative estimate of drug-likeness (QED) is 0.910. The number of hydrogen-bond donors (Lipinski definition) is 1. The van der Waals surface area contributed by atoms with Gasteiger partial charge < -0.3 is 9.84 Å². The van der Waals surface area contributed by atoms with Crippen LogP contribution in [0.2, 0.25) is 0 Å². The summed E-state index contributed by atoms with van der Waals surface area (Å²) in [6, 6.07) is 12.0. The van der Waals surface area contributed by atoms with Crippen molar-refractivity contribution in [2.75, 3.05) is 6.61 Å². The Hall–Kier alpha value is -1.87. The molecule has 0 saturated carbocycles. The van der Waals surface area contributed by atoms with E-state index in [0.717, 1.165) is 16.7 Å². The molecule has 0 aliphatic rings. The van der Waals surface area contributed by atoms with Gasteiger partial charge in [-0.05, 0) is 37.1 Å². The Bertz CT molecular complexity index is 566. The topological polar surface area (TPSA) is 29.5 Å². The van der Waals surface area contributed by atoms with Gasteiger partial charge in [-0.15, -0.1) is 0 Å². The first kappa shape index (κ1) is 13.6. The van der Waals surface area contributed by atoms with Gasteiger partial charge >= 0.3 is 0 Å². The summed E-state index contributed by atoms with van der Waals surface area (Å²) >= 11 is 0. The molecule has 0 aliphatic carbocycles. The van der Waals surface area contributed by atoms with Crippen LogP contribution in [0.4, 0.5) is 4.39 Å². The molecule has 0 spiro atoms. The highest BCUT2D eigenvalue weighted by molar-refractivity contribution is 5.32. The lowest BCUT2D eigenvalue weighted by atomic mass is 10.0. The Balaban J connectivity index is 2.05. The zero-order valence-corrected chi connectivity index (χ0v) is 11.1. The minimum atomic E-state index is -0.764. The van der Waals surface area contributed by atoms with Crippen LogP contribution in [0.15, 0.2) is 42.5 Å². The van der Waals surface area contributed by atoms with Gasteiger partial charge in [0.05, 0.1) is 0 Å². The van der Waals surface area contributed by atoms with Gasteiger partial charge in [-0.25, -0.2) is 4.39 Å². The molecular formula is C16H17FO2. The van der Waals surface area contributed by atoms with Crippen molar-refractivity contribution in [1.29, 1.82) is 0 Å². The number of aliphatic hydroxyl groups is 1. The molecule has 0 bridgehead atoms. The second-order valence-corrected chi connectivity index (χ2v) is 4.62. The number of rotatable bonds is 4. The summed E-state index contributed by atoms with van der Waals surface area (Å²) in [6.45, 7) is 3.97. The molecule has 3 heteroatoms. The maximum absolute atomic E-state index is 13.4. The Labute approximate surface area is 112 Å². The van der Waals surface area contributed by atoms with E-state index in [4.69, 9.17) is 4.74 Å².